The molecule has 0 fully saturated rings. The minimum absolute atomic E-state index is 0.0557. The molecule has 36 heavy (non-hydrogen) atoms. The highest BCUT2D eigenvalue weighted by Crippen LogP contribution is 2.34. The quantitative estimate of drug-likeness (QED) is 0.440. The van der Waals surface area contributed by atoms with Gasteiger partial charge in [0.05, 0.1) is 12.6 Å². The lowest BCUT2D eigenvalue weighted by Crippen LogP contribution is -2.52. The first-order chi connectivity index (χ1) is 16.8. The van der Waals surface area contributed by atoms with Crippen LogP contribution in [-0.2, 0) is 16.1 Å². The summed E-state index contributed by atoms with van der Waals surface area (Å²) in [5.41, 5.74) is 2.02. The molecule has 196 valence electrons. The van der Waals surface area contributed by atoms with E-state index in [0.717, 1.165) is 29.7 Å². The molecule has 0 saturated heterocycles. The molecule has 1 atom stereocenters. The van der Waals surface area contributed by atoms with Crippen LogP contribution in [-0.4, -0.2) is 54.8 Å². The first kappa shape index (κ1) is 28.9. The van der Waals surface area contributed by atoms with Crippen LogP contribution in [0, 0.1) is 5.41 Å². The van der Waals surface area contributed by atoms with Crippen LogP contribution in [0.25, 0.3) is 0 Å². The lowest BCUT2D eigenvalue weighted by Gasteiger charge is -2.42. The summed E-state index contributed by atoms with van der Waals surface area (Å²) in [6.45, 7) is 20.6. The third-order valence-electron chi connectivity index (χ3n) is 5.96. The smallest absolute Gasteiger partial charge is 0.225 e. The van der Waals surface area contributed by atoms with E-state index >= 15 is 0 Å². The number of aromatic amines is 1. The predicted octanol–water partition coefficient (Wildman–Crippen LogP) is 4.45. The molecule has 1 unspecified atom stereocenters. The highest BCUT2D eigenvalue weighted by Gasteiger charge is 2.39. The summed E-state index contributed by atoms with van der Waals surface area (Å²) in [4.78, 5) is 32.7. The number of rotatable bonds is 11. The van der Waals surface area contributed by atoms with Crippen molar-refractivity contribution in [2.75, 3.05) is 0 Å². The maximum atomic E-state index is 13.5. The van der Waals surface area contributed by atoms with Gasteiger partial charge in [-0.15, -0.1) is 10.2 Å². The van der Waals surface area contributed by atoms with E-state index in [1.54, 1.807) is 6.08 Å². The molecule has 0 spiro atoms. The van der Waals surface area contributed by atoms with Gasteiger partial charge in [0.25, 0.3) is 0 Å². The van der Waals surface area contributed by atoms with E-state index in [4.69, 9.17) is 4.99 Å². The molecule has 2 N–H and O–H groups in total. The molecule has 0 aliphatic carbocycles. The largest absolute Gasteiger partial charge is 0.348 e. The lowest BCUT2D eigenvalue weighted by atomic mass is 9.85. The second-order valence-electron chi connectivity index (χ2n) is 10.8. The maximum absolute atomic E-state index is 13.5. The Morgan fingerprint density at radius 2 is 2.03 bits per heavy atom. The van der Waals surface area contributed by atoms with Gasteiger partial charge < -0.3 is 10.2 Å². The number of aromatic nitrogens is 4. The molecule has 0 saturated carbocycles. The van der Waals surface area contributed by atoms with Crippen LogP contribution in [0.3, 0.4) is 0 Å². The zero-order valence-electron chi connectivity index (χ0n) is 22.6. The molecule has 2 heterocycles. The number of carbonyl (C=O) groups excluding carboxylic acids is 2. The van der Waals surface area contributed by atoms with Crippen molar-refractivity contribution in [2.45, 2.75) is 91.9 Å². The standard InChI is InChI=1S/C27H41N7O2/c1-9-11-20(12-10-13-24(35)28-18-23-30-32-33-31-23)22(16-17-26(4,5)6)34-25(36)15-14-21(19(2)3)29-27(34,7)8/h9-12,22H,1-2,13-18H2,3-8H3,(H,28,35)(H,30,31,32,33)/b12-10-,20-11+. The molecule has 9 nitrogen and oxygen atoms in total. The molecule has 2 rings (SSSR count). The minimum atomic E-state index is -0.750. The Hall–Kier alpha value is -3.36. The number of hydrogen-bond acceptors (Lipinski definition) is 6. The Balaban J connectivity index is 2.32. The maximum Gasteiger partial charge on any atom is 0.225 e. The van der Waals surface area contributed by atoms with Gasteiger partial charge in [-0.3, -0.25) is 14.6 Å². The van der Waals surface area contributed by atoms with Gasteiger partial charge in [0.1, 0.15) is 5.66 Å². The number of carbonyl (C=O) groups is 2. The summed E-state index contributed by atoms with van der Waals surface area (Å²) in [6, 6.07) is -0.225. The van der Waals surface area contributed by atoms with Crippen molar-refractivity contribution in [1.29, 1.82) is 0 Å². The second kappa shape index (κ2) is 12.6. The molecule has 0 aromatic carbocycles. The average molecular weight is 496 g/mol. The van der Waals surface area contributed by atoms with Crippen molar-refractivity contribution >= 4 is 17.5 Å². The summed E-state index contributed by atoms with van der Waals surface area (Å²) in [5, 5.41) is 16.3. The third-order valence-corrected chi connectivity index (χ3v) is 5.96. The first-order valence-electron chi connectivity index (χ1n) is 12.4. The lowest BCUT2D eigenvalue weighted by molar-refractivity contribution is -0.138. The topological polar surface area (TPSA) is 116 Å². The molecule has 2 amide bonds. The van der Waals surface area contributed by atoms with Crippen LogP contribution in [0.15, 0.2) is 53.6 Å². The van der Waals surface area contributed by atoms with Crippen LogP contribution in [0.5, 0.6) is 0 Å². The van der Waals surface area contributed by atoms with Gasteiger partial charge in [-0.05, 0) is 56.6 Å². The number of allylic oxidation sites excluding steroid dienone is 3. The van der Waals surface area contributed by atoms with E-state index in [9.17, 15) is 9.59 Å². The zero-order valence-corrected chi connectivity index (χ0v) is 22.6. The summed E-state index contributed by atoms with van der Waals surface area (Å²) < 4.78 is 0. The molecular formula is C27H41N7O2. The Bertz CT molecular complexity index is 1030. The van der Waals surface area contributed by atoms with Crippen molar-refractivity contribution < 1.29 is 9.59 Å². The fraction of sp³-hybridized carbons (Fsp3) is 0.556. The molecular weight excluding hydrogens is 454 g/mol. The first-order valence-corrected chi connectivity index (χ1v) is 12.4. The fourth-order valence-electron chi connectivity index (χ4n) is 4.19. The van der Waals surface area contributed by atoms with E-state index in [0.29, 0.717) is 18.7 Å². The van der Waals surface area contributed by atoms with Crippen LogP contribution in [0.1, 0.15) is 79.5 Å². The number of amides is 2. The number of nitrogens with one attached hydrogen (secondary N) is 2. The van der Waals surface area contributed by atoms with Crippen molar-refractivity contribution in [3.8, 4) is 0 Å². The second-order valence-corrected chi connectivity index (χ2v) is 10.8. The van der Waals surface area contributed by atoms with Gasteiger partial charge in [0.2, 0.25) is 11.8 Å². The summed E-state index contributed by atoms with van der Waals surface area (Å²) in [7, 11) is 0. The Kier molecular flexibility index (Phi) is 10.1. The van der Waals surface area contributed by atoms with Crippen molar-refractivity contribution in [1.82, 2.24) is 30.8 Å². The molecule has 1 aliphatic heterocycles. The molecule has 1 aromatic rings. The van der Waals surface area contributed by atoms with Gasteiger partial charge >= 0.3 is 0 Å². The van der Waals surface area contributed by atoms with Crippen molar-refractivity contribution in [2.24, 2.45) is 10.4 Å². The van der Waals surface area contributed by atoms with Crippen LogP contribution >= 0.6 is 0 Å². The van der Waals surface area contributed by atoms with Crippen LogP contribution < -0.4 is 5.32 Å². The fourth-order valence-corrected chi connectivity index (χ4v) is 4.19. The Morgan fingerprint density at radius 1 is 1.31 bits per heavy atom. The van der Waals surface area contributed by atoms with Crippen molar-refractivity contribution in [3.05, 3.63) is 54.4 Å². The predicted molar refractivity (Wildman–Crippen MR) is 143 cm³/mol. The van der Waals surface area contributed by atoms with Crippen LogP contribution in [0.4, 0.5) is 0 Å². The van der Waals surface area contributed by atoms with E-state index in [-0.39, 0.29) is 36.2 Å². The summed E-state index contributed by atoms with van der Waals surface area (Å²) in [6.07, 6.45) is 10.2. The van der Waals surface area contributed by atoms with Gasteiger partial charge in [-0.1, -0.05) is 63.4 Å². The van der Waals surface area contributed by atoms with Gasteiger partial charge in [-0.25, -0.2) is 0 Å². The SMILES string of the molecule is C=C/C=C(\C=C/CC(=O)NCc1nn[nH]n1)C(CCC(C)(C)C)N1C(=O)CCC(C(=C)C)=NC1(C)C. The summed E-state index contributed by atoms with van der Waals surface area (Å²) in [5.74, 6) is 0.306. The van der Waals surface area contributed by atoms with Crippen molar-refractivity contribution in [3.63, 3.8) is 0 Å². The van der Waals surface area contributed by atoms with Gasteiger partial charge in [0, 0.05) is 18.6 Å². The average Bonchev–Trinajstić information content (AvgIpc) is 3.26. The third kappa shape index (κ3) is 8.70. The van der Waals surface area contributed by atoms with E-state index in [1.165, 1.54) is 0 Å². The molecule has 1 aromatic heterocycles. The summed E-state index contributed by atoms with van der Waals surface area (Å²) >= 11 is 0. The molecule has 9 heteroatoms. The normalized spacial score (nSPS) is 17.5. The van der Waals surface area contributed by atoms with Crippen LogP contribution in [0.2, 0.25) is 0 Å². The monoisotopic (exact) mass is 495 g/mol. The highest BCUT2D eigenvalue weighted by atomic mass is 16.2. The number of nitrogens with zero attached hydrogens (tertiary/aromatic N) is 5. The number of aliphatic imine (C=N–C) groups is 1. The van der Waals surface area contributed by atoms with E-state index < -0.39 is 5.66 Å². The van der Waals surface area contributed by atoms with E-state index in [1.807, 2.05) is 43.9 Å². The van der Waals surface area contributed by atoms with E-state index in [2.05, 4.69) is 59.9 Å². The minimum Gasteiger partial charge on any atom is -0.348 e. The number of H-pyrrole nitrogens is 1. The molecule has 0 bridgehead atoms. The number of tetrazole rings is 1. The Labute approximate surface area is 214 Å². The highest BCUT2D eigenvalue weighted by molar-refractivity contribution is 6.02. The zero-order chi connectivity index (χ0) is 26.9. The molecule has 1 aliphatic rings. The number of hydrogen-bond donors (Lipinski definition) is 2. The van der Waals surface area contributed by atoms with Gasteiger partial charge in [-0.2, -0.15) is 5.21 Å². The molecule has 0 radical (unpaired) electrons. The van der Waals surface area contributed by atoms with Gasteiger partial charge in [0.15, 0.2) is 5.82 Å². The Morgan fingerprint density at radius 3 is 2.61 bits per heavy atom.